The Morgan fingerprint density at radius 3 is 2.48 bits per heavy atom. The summed E-state index contributed by atoms with van der Waals surface area (Å²) in [7, 11) is 0. The number of fused-ring (bicyclic) bond motifs is 1. The third-order valence-corrected chi connectivity index (χ3v) is 6.31. The fourth-order valence-electron chi connectivity index (χ4n) is 3.22. The lowest BCUT2D eigenvalue weighted by Gasteiger charge is -2.48. The molecule has 8 nitrogen and oxygen atoms in total. The van der Waals surface area contributed by atoms with Gasteiger partial charge in [0.15, 0.2) is 5.54 Å². The van der Waals surface area contributed by atoms with E-state index < -0.39 is 27.2 Å². The van der Waals surface area contributed by atoms with E-state index in [4.69, 9.17) is 0 Å². The number of β-lactam (4-membered cyclic amide) rings is 1. The first kappa shape index (κ1) is 17.4. The molecule has 0 aliphatic carbocycles. The van der Waals surface area contributed by atoms with Gasteiger partial charge in [-0.15, -0.1) is 11.8 Å². The molecule has 25 heavy (non-hydrogen) atoms. The molecule has 9 heteroatoms. The molecule has 1 aromatic carbocycles. The molecule has 1 N–H and O–H groups in total. The standard InChI is InChI=1S/C16H17N3O5S/c1-15(2)11(12(20)21)18-13(22)16(3,14(18)25-15)17-8-9-4-6-10(7-5-9)19(23)24/h4-8,11,14H,1-3H3,(H,20,21)/t11-,14+,16?/m0/s1. The number of carbonyl (C=O) groups excluding carboxylic acids is 1. The number of hydrogen-bond donors (Lipinski definition) is 1. The predicted molar refractivity (Wildman–Crippen MR) is 92.8 cm³/mol. The average molecular weight is 363 g/mol. The van der Waals surface area contributed by atoms with Gasteiger partial charge < -0.3 is 10.0 Å². The Hall–Kier alpha value is -2.42. The second kappa shape index (κ2) is 5.55. The lowest BCUT2D eigenvalue weighted by atomic mass is 9.87. The molecule has 0 spiro atoms. The topological polar surface area (TPSA) is 113 Å². The number of non-ortho nitro benzene ring substituents is 1. The van der Waals surface area contributed by atoms with Crippen LogP contribution in [-0.2, 0) is 9.59 Å². The highest BCUT2D eigenvalue weighted by Crippen LogP contribution is 2.55. The van der Waals surface area contributed by atoms with Gasteiger partial charge >= 0.3 is 5.97 Å². The van der Waals surface area contributed by atoms with Crippen LogP contribution in [0.4, 0.5) is 5.69 Å². The van der Waals surface area contributed by atoms with Crippen LogP contribution in [0.15, 0.2) is 29.3 Å². The number of rotatable bonds is 4. The van der Waals surface area contributed by atoms with Crippen LogP contribution >= 0.6 is 11.8 Å². The molecule has 0 aromatic heterocycles. The second-order valence-electron chi connectivity index (χ2n) is 6.78. The Labute approximate surface area is 148 Å². The molecule has 2 aliphatic heterocycles. The Kier molecular flexibility index (Phi) is 3.86. The van der Waals surface area contributed by atoms with E-state index in [-0.39, 0.29) is 17.0 Å². The third kappa shape index (κ3) is 2.58. The van der Waals surface area contributed by atoms with Gasteiger partial charge in [0.25, 0.3) is 11.6 Å². The van der Waals surface area contributed by atoms with Crippen molar-refractivity contribution in [2.45, 2.75) is 42.5 Å². The Morgan fingerprint density at radius 1 is 1.36 bits per heavy atom. The number of aliphatic imine (C=N–C) groups is 1. The van der Waals surface area contributed by atoms with Crippen LogP contribution in [0.25, 0.3) is 0 Å². The van der Waals surface area contributed by atoms with E-state index in [1.165, 1.54) is 35.0 Å². The van der Waals surface area contributed by atoms with E-state index >= 15 is 0 Å². The summed E-state index contributed by atoms with van der Waals surface area (Å²) in [5, 5.41) is 19.8. The van der Waals surface area contributed by atoms with Crippen molar-refractivity contribution in [3.63, 3.8) is 0 Å². The summed E-state index contributed by atoms with van der Waals surface area (Å²) in [6.45, 7) is 5.30. The minimum absolute atomic E-state index is 0.0216. The zero-order valence-electron chi connectivity index (χ0n) is 13.9. The monoisotopic (exact) mass is 363 g/mol. The van der Waals surface area contributed by atoms with Crippen molar-refractivity contribution in [3.8, 4) is 0 Å². The number of nitrogens with zero attached hydrogens (tertiary/aromatic N) is 3. The summed E-state index contributed by atoms with van der Waals surface area (Å²) in [4.78, 5) is 40.1. The molecule has 1 amide bonds. The number of carboxylic acid groups (broad SMARTS) is 1. The Bertz CT molecular complexity index is 791. The number of nitro benzene ring substituents is 1. The van der Waals surface area contributed by atoms with Crippen LogP contribution in [0.1, 0.15) is 26.3 Å². The van der Waals surface area contributed by atoms with E-state index in [9.17, 15) is 24.8 Å². The fraction of sp³-hybridized carbons (Fsp3) is 0.438. The number of aliphatic carboxylic acids is 1. The Balaban J connectivity index is 1.83. The van der Waals surface area contributed by atoms with Gasteiger partial charge in [0.2, 0.25) is 0 Å². The number of nitro groups is 1. The Morgan fingerprint density at radius 2 is 1.96 bits per heavy atom. The zero-order chi connectivity index (χ0) is 18.6. The van der Waals surface area contributed by atoms with E-state index in [0.29, 0.717) is 5.56 Å². The second-order valence-corrected chi connectivity index (χ2v) is 8.52. The summed E-state index contributed by atoms with van der Waals surface area (Å²) in [5.41, 5.74) is -0.421. The quantitative estimate of drug-likeness (QED) is 0.378. The largest absolute Gasteiger partial charge is 0.480 e. The van der Waals surface area contributed by atoms with Crippen molar-refractivity contribution in [3.05, 3.63) is 39.9 Å². The maximum atomic E-state index is 12.6. The van der Waals surface area contributed by atoms with Crippen LogP contribution < -0.4 is 0 Å². The minimum atomic E-state index is -1.03. The van der Waals surface area contributed by atoms with E-state index in [1.807, 2.05) is 13.8 Å². The maximum absolute atomic E-state index is 12.6. The van der Waals surface area contributed by atoms with Gasteiger partial charge in [-0.3, -0.25) is 19.9 Å². The summed E-state index contributed by atoms with van der Waals surface area (Å²) >= 11 is 1.43. The highest BCUT2D eigenvalue weighted by molar-refractivity contribution is 8.01. The van der Waals surface area contributed by atoms with E-state index in [1.54, 1.807) is 19.1 Å². The molecular weight excluding hydrogens is 346 g/mol. The summed E-state index contributed by atoms with van der Waals surface area (Å²) < 4.78 is -0.604. The first-order chi connectivity index (χ1) is 11.6. The minimum Gasteiger partial charge on any atom is -0.480 e. The molecule has 3 rings (SSSR count). The number of thioether (sulfide) groups is 1. The maximum Gasteiger partial charge on any atom is 0.327 e. The van der Waals surface area contributed by atoms with Crippen molar-refractivity contribution in [2.75, 3.05) is 0 Å². The van der Waals surface area contributed by atoms with Crippen LogP contribution in [0, 0.1) is 10.1 Å². The molecule has 0 saturated carbocycles. The molecule has 2 fully saturated rings. The van der Waals surface area contributed by atoms with Gasteiger partial charge in [-0.1, -0.05) is 0 Å². The summed E-state index contributed by atoms with van der Waals surface area (Å²) in [5.74, 6) is -1.34. The lowest BCUT2D eigenvalue weighted by Crippen LogP contribution is -2.71. The van der Waals surface area contributed by atoms with Crippen LogP contribution in [0.5, 0.6) is 0 Å². The molecule has 2 heterocycles. The van der Waals surface area contributed by atoms with Gasteiger partial charge in [-0.25, -0.2) is 4.79 Å². The van der Waals surface area contributed by atoms with E-state index in [2.05, 4.69) is 4.99 Å². The highest BCUT2D eigenvalue weighted by Gasteiger charge is 2.69. The molecule has 0 radical (unpaired) electrons. The molecule has 2 aliphatic rings. The number of carboxylic acids is 1. The number of carbonyl (C=O) groups is 2. The highest BCUT2D eigenvalue weighted by atomic mass is 32.2. The number of benzene rings is 1. The smallest absolute Gasteiger partial charge is 0.327 e. The summed E-state index contributed by atoms with van der Waals surface area (Å²) in [6, 6.07) is 4.96. The predicted octanol–water partition coefficient (Wildman–Crippen LogP) is 1.92. The molecule has 3 atom stereocenters. The lowest BCUT2D eigenvalue weighted by molar-refractivity contribution is -0.384. The van der Waals surface area contributed by atoms with Crippen molar-refractivity contribution < 1.29 is 19.6 Å². The fourth-order valence-corrected chi connectivity index (χ4v) is 4.86. The molecular formula is C16H17N3O5S. The van der Waals surface area contributed by atoms with Crippen LogP contribution in [0.2, 0.25) is 0 Å². The third-order valence-electron chi connectivity index (χ3n) is 4.57. The molecule has 1 unspecified atom stereocenters. The van der Waals surface area contributed by atoms with Crippen molar-refractivity contribution >= 4 is 35.5 Å². The van der Waals surface area contributed by atoms with Gasteiger partial charge in [0.05, 0.1) is 4.92 Å². The number of amides is 1. The van der Waals surface area contributed by atoms with Gasteiger partial charge in [0, 0.05) is 23.1 Å². The van der Waals surface area contributed by atoms with Gasteiger partial charge in [-0.2, -0.15) is 0 Å². The average Bonchev–Trinajstić information content (AvgIpc) is 2.82. The molecule has 2 saturated heterocycles. The van der Waals surface area contributed by atoms with Crippen molar-refractivity contribution in [1.82, 2.24) is 4.90 Å². The summed E-state index contributed by atoms with van der Waals surface area (Å²) in [6.07, 6.45) is 1.50. The van der Waals surface area contributed by atoms with E-state index in [0.717, 1.165) is 0 Å². The first-order valence-corrected chi connectivity index (χ1v) is 8.49. The van der Waals surface area contributed by atoms with Crippen LogP contribution in [-0.4, -0.2) is 54.7 Å². The van der Waals surface area contributed by atoms with Gasteiger partial charge in [-0.05, 0) is 38.5 Å². The molecule has 132 valence electrons. The number of hydrogen-bond acceptors (Lipinski definition) is 6. The van der Waals surface area contributed by atoms with Gasteiger partial charge in [0.1, 0.15) is 11.4 Å². The molecule has 1 aromatic rings. The first-order valence-electron chi connectivity index (χ1n) is 7.61. The molecule has 0 bridgehead atoms. The van der Waals surface area contributed by atoms with Crippen molar-refractivity contribution in [2.24, 2.45) is 4.99 Å². The normalized spacial score (nSPS) is 30.2. The SMILES string of the molecule is CC1(C)S[C@H]2N(C(=O)C2(C)N=Cc2ccc([N+](=O)[O-])cc2)[C@H]1C(=O)O. The van der Waals surface area contributed by atoms with Crippen molar-refractivity contribution in [1.29, 1.82) is 0 Å². The van der Waals surface area contributed by atoms with Crippen LogP contribution in [0.3, 0.4) is 0 Å². The zero-order valence-corrected chi connectivity index (χ0v) is 14.7.